The lowest BCUT2D eigenvalue weighted by molar-refractivity contribution is -0.118. The van der Waals surface area contributed by atoms with Crippen LogP contribution in [0.5, 0.6) is 11.5 Å². The van der Waals surface area contributed by atoms with E-state index in [0.717, 1.165) is 45.8 Å². The monoisotopic (exact) mass is 449 g/mol. The summed E-state index contributed by atoms with van der Waals surface area (Å²) in [5.41, 5.74) is 3.00. The molecule has 0 fully saturated rings. The average Bonchev–Trinajstić information content (AvgIpc) is 3.31. The molecule has 0 unspecified atom stereocenters. The van der Waals surface area contributed by atoms with Gasteiger partial charge in [0.2, 0.25) is 5.91 Å². The van der Waals surface area contributed by atoms with Crippen molar-refractivity contribution in [3.63, 3.8) is 0 Å². The average molecular weight is 450 g/mol. The number of rotatable bonds is 6. The number of aromatic nitrogens is 4. The highest BCUT2D eigenvalue weighted by Gasteiger charge is 2.16. The Morgan fingerprint density at radius 1 is 1.16 bits per heavy atom. The van der Waals surface area contributed by atoms with Crippen LogP contribution in [0.25, 0.3) is 22.3 Å². The number of nitrogens with zero attached hydrogens (tertiary/aromatic N) is 3. The number of fused-ring (bicyclic) bond motifs is 2. The molecule has 0 saturated heterocycles. The van der Waals surface area contributed by atoms with Crippen LogP contribution in [0.15, 0.2) is 53.8 Å². The molecule has 2 aromatic carbocycles. The fraction of sp³-hybridized carbons (Fsp3) is 0.261. The summed E-state index contributed by atoms with van der Waals surface area (Å²) in [6, 6.07) is 13.8. The maximum absolute atomic E-state index is 12.4. The van der Waals surface area contributed by atoms with Crippen LogP contribution in [0.4, 0.5) is 0 Å². The predicted molar refractivity (Wildman–Crippen MR) is 123 cm³/mol. The Labute approximate surface area is 189 Å². The predicted octanol–water partition coefficient (Wildman–Crippen LogP) is 3.53. The number of ether oxygens (including phenoxy) is 2. The fourth-order valence-electron chi connectivity index (χ4n) is 3.63. The number of hydrogen-bond donors (Lipinski definition) is 2. The van der Waals surface area contributed by atoms with Gasteiger partial charge in [-0.2, -0.15) is 0 Å². The van der Waals surface area contributed by atoms with Gasteiger partial charge in [0.25, 0.3) is 0 Å². The minimum atomic E-state index is -0.0706. The minimum Gasteiger partial charge on any atom is -0.490 e. The zero-order chi connectivity index (χ0) is 21.9. The first-order valence-corrected chi connectivity index (χ1v) is 11.4. The second-order valence-corrected chi connectivity index (χ2v) is 8.45. The van der Waals surface area contributed by atoms with Gasteiger partial charge in [0.15, 0.2) is 22.5 Å². The molecule has 2 aromatic heterocycles. The molecular formula is C23H23N5O3S. The van der Waals surface area contributed by atoms with Crippen LogP contribution in [0.2, 0.25) is 0 Å². The van der Waals surface area contributed by atoms with E-state index >= 15 is 0 Å². The van der Waals surface area contributed by atoms with Crippen molar-refractivity contribution in [1.82, 2.24) is 25.1 Å². The summed E-state index contributed by atoms with van der Waals surface area (Å²) in [5, 5.41) is 13.4. The Bertz CT molecular complexity index is 1270. The quantitative estimate of drug-likeness (QED) is 0.438. The molecule has 0 spiro atoms. The Morgan fingerprint density at radius 3 is 2.91 bits per heavy atom. The molecule has 0 bridgehead atoms. The minimum absolute atomic E-state index is 0.0706. The van der Waals surface area contributed by atoms with E-state index in [9.17, 15) is 4.79 Å². The van der Waals surface area contributed by atoms with Crippen molar-refractivity contribution in [3.8, 4) is 22.9 Å². The smallest absolute Gasteiger partial charge is 0.230 e. The van der Waals surface area contributed by atoms with Crippen molar-refractivity contribution in [1.29, 1.82) is 0 Å². The number of hydrogen-bond acceptors (Lipinski definition) is 6. The van der Waals surface area contributed by atoms with Crippen LogP contribution in [0, 0.1) is 0 Å². The Kier molecular flexibility index (Phi) is 5.72. The Morgan fingerprint density at radius 2 is 2.00 bits per heavy atom. The normalized spacial score (nSPS) is 13.2. The van der Waals surface area contributed by atoms with Gasteiger partial charge < -0.3 is 24.3 Å². The van der Waals surface area contributed by atoms with Crippen molar-refractivity contribution >= 4 is 28.6 Å². The molecule has 1 aliphatic rings. The standard InChI is InChI=1S/C23H23N5O3S/c1-28-22(17-13-24-18-6-3-2-5-16(17)18)26-27-23(28)32-14-21(29)25-12-15-7-8-19-20(11-15)31-10-4-9-30-19/h2-3,5-8,11,13,24H,4,9-10,12,14H2,1H3,(H,25,29). The molecular weight excluding hydrogens is 426 g/mol. The number of carbonyl (C=O) groups is 1. The SMILES string of the molecule is Cn1c(SCC(=O)NCc2ccc3c(c2)OCCCO3)nnc1-c1c[nH]c2ccccc12. The first kappa shape index (κ1) is 20.4. The number of aromatic amines is 1. The molecule has 9 heteroatoms. The van der Waals surface area contributed by atoms with Gasteiger partial charge in [-0.1, -0.05) is 36.0 Å². The molecule has 3 heterocycles. The number of thioether (sulfide) groups is 1. The summed E-state index contributed by atoms with van der Waals surface area (Å²) in [5.74, 6) is 2.43. The highest BCUT2D eigenvalue weighted by molar-refractivity contribution is 7.99. The maximum Gasteiger partial charge on any atom is 0.230 e. The lowest BCUT2D eigenvalue weighted by Crippen LogP contribution is -2.24. The summed E-state index contributed by atoms with van der Waals surface area (Å²) in [6.45, 7) is 1.72. The van der Waals surface area contributed by atoms with E-state index in [1.165, 1.54) is 11.8 Å². The Balaban J connectivity index is 1.19. The second kappa shape index (κ2) is 8.96. The maximum atomic E-state index is 12.4. The Hall–Kier alpha value is -3.46. The van der Waals surface area contributed by atoms with Crippen LogP contribution in [0.3, 0.4) is 0 Å². The summed E-state index contributed by atoms with van der Waals surface area (Å²) in [6.07, 6.45) is 2.80. The summed E-state index contributed by atoms with van der Waals surface area (Å²) in [4.78, 5) is 15.7. The fourth-order valence-corrected chi connectivity index (χ4v) is 4.37. The van der Waals surface area contributed by atoms with Crippen molar-refractivity contribution in [2.75, 3.05) is 19.0 Å². The van der Waals surface area contributed by atoms with E-state index in [1.54, 1.807) is 0 Å². The molecule has 2 N–H and O–H groups in total. The van der Waals surface area contributed by atoms with Crippen LogP contribution in [-0.4, -0.2) is 44.6 Å². The third-order valence-electron chi connectivity index (χ3n) is 5.30. The lowest BCUT2D eigenvalue weighted by Gasteiger charge is -2.10. The van der Waals surface area contributed by atoms with Crippen LogP contribution in [0.1, 0.15) is 12.0 Å². The van der Waals surface area contributed by atoms with Crippen LogP contribution < -0.4 is 14.8 Å². The van der Waals surface area contributed by atoms with Gasteiger partial charge in [0, 0.05) is 42.7 Å². The van der Waals surface area contributed by atoms with Crippen molar-refractivity contribution in [2.24, 2.45) is 7.05 Å². The third kappa shape index (κ3) is 4.16. The van der Waals surface area contributed by atoms with E-state index in [1.807, 2.05) is 54.2 Å². The van der Waals surface area contributed by atoms with E-state index in [2.05, 4.69) is 26.6 Å². The van der Waals surface area contributed by atoms with Gasteiger partial charge in [-0.25, -0.2) is 0 Å². The van der Waals surface area contributed by atoms with Gasteiger partial charge >= 0.3 is 0 Å². The number of amides is 1. The number of H-pyrrole nitrogens is 1. The number of para-hydroxylation sites is 1. The molecule has 0 aliphatic carbocycles. The highest BCUT2D eigenvalue weighted by atomic mass is 32.2. The molecule has 1 amide bonds. The highest BCUT2D eigenvalue weighted by Crippen LogP contribution is 2.31. The third-order valence-corrected chi connectivity index (χ3v) is 6.32. The largest absolute Gasteiger partial charge is 0.490 e. The van der Waals surface area contributed by atoms with Crippen molar-refractivity contribution in [2.45, 2.75) is 18.1 Å². The first-order chi connectivity index (χ1) is 15.7. The van der Waals surface area contributed by atoms with Crippen molar-refractivity contribution < 1.29 is 14.3 Å². The van der Waals surface area contributed by atoms with Gasteiger partial charge in [-0.05, 0) is 23.8 Å². The van der Waals surface area contributed by atoms with Gasteiger partial charge in [0.1, 0.15) is 0 Å². The van der Waals surface area contributed by atoms with E-state index < -0.39 is 0 Å². The second-order valence-electron chi connectivity index (χ2n) is 7.51. The lowest BCUT2D eigenvalue weighted by atomic mass is 10.1. The van der Waals surface area contributed by atoms with Crippen LogP contribution in [-0.2, 0) is 18.4 Å². The molecule has 0 saturated carbocycles. The molecule has 4 aromatic rings. The van der Waals surface area contributed by atoms with E-state index in [-0.39, 0.29) is 11.7 Å². The van der Waals surface area contributed by atoms with E-state index in [4.69, 9.17) is 9.47 Å². The molecule has 0 radical (unpaired) electrons. The molecule has 164 valence electrons. The molecule has 32 heavy (non-hydrogen) atoms. The number of carbonyl (C=O) groups excluding carboxylic acids is 1. The summed E-state index contributed by atoms with van der Waals surface area (Å²) >= 11 is 1.36. The van der Waals surface area contributed by atoms with Gasteiger partial charge in [-0.15, -0.1) is 10.2 Å². The zero-order valence-electron chi connectivity index (χ0n) is 17.6. The molecule has 8 nitrogen and oxygen atoms in total. The van der Waals surface area contributed by atoms with Crippen molar-refractivity contribution in [3.05, 3.63) is 54.2 Å². The van der Waals surface area contributed by atoms with Gasteiger partial charge in [0.05, 0.1) is 19.0 Å². The topological polar surface area (TPSA) is 94.1 Å². The first-order valence-electron chi connectivity index (χ1n) is 10.4. The summed E-state index contributed by atoms with van der Waals surface area (Å²) < 4.78 is 13.3. The number of benzene rings is 2. The van der Waals surface area contributed by atoms with Gasteiger partial charge in [-0.3, -0.25) is 4.79 Å². The van der Waals surface area contributed by atoms with Crippen LogP contribution >= 0.6 is 11.8 Å². The molecule has 1 aliphatic heterocycles. The van der Waals surface area contributed by atoms with E-state index in [0.29, 0.717) is 24.9 Å². The summed E-state index contributed by atoms with van der Waals surface area (Å²) in [7, 11) is 1.91. The number of nitrogens with one attached hydrogen (secondary N) is 2. The molecule has 0 atom stereocenters. The zero-order valence-corrected chi connectivity index (χ0v) is 18.4. The molecule has 5 rings (SSSR count).